The lowest BCUT2D eigenvalue weighted by molar-refractivity contribution is 0.116. The largest absolute Gasteiger partial charge is 0.495 e. The van der Waals surface area contributed by atoms with Crippen molar-refractivity contribution in [3.8, 4) is 5.75 Å². The maximum atomic E-state index is 12.4. The van der Waals surface area contributed by atoms with Gasteiger partial charge in [-0.05, 0) is 25.0 Å². The number of hydrogen-bond donors (Lipinski definition) is 2. The molecule has 0 amide bonds. The van der Waals surface area contributed by atoms with E-state index in [9.17, 15) is 8.42 Å². The van der Waals surface area contributed by atoms with Gasteiger partial charge < -0.3 is 15.2 Å². The van der Waals surface area contributed by atoms with E-state index in [-0.39, 0.29) is 16.9 Å². The lowest BCUT2D eigenvalue weighted by Crippen LogP contribution is -2.41. The number of sulfonamides is 1. The van der Waals surface area contributed by atoms with E-state index >= 15 is 0 Å². The van der Waals surface area contributed by atoms with Gasteiger partial charge in [0.2, 0.25) is 10.0 Å². The third-order valence-electron chi connectivity index (χ3n) is 3.13. The molecule has 0 saturated heterocycles. The molecule has 1 rings (SSSR count). The van der Waals surface area contributed by atoms with E-state index in [1.165, 1.54) is 25.3 Å². The summed E-state index contributed by atoms with van der Waals surface area (Å²) in [6.45, 7) is 6.63. The summed E-state index contributed by atoms with van der Waals surface area (Å²) < 4.78 is 37.9. The van der Waals surface area contributed by atoms with Gasteiger partial charge in [0.1, 0.15) is 5.75 Å². The quantitative estimate of drug-likeness (QED) is 0.711. The van der Waals surface area contributed by atoms with Crippen molar-refractivity contribution in [1.29, 1.82) is 0 Å². The van der Waals surface area contributed by atoms with Gasteiger partial charge >= 0.3 is 0 Å². The van der Waals surface area contributed by atoms with E-state index in [1.807, 2.05) is 20.8 Å². The number of nitrogens with two attached hydrogens (primary N) is 1. The molecule has 6 nitrogen and oxygen atoms in total. The third-order valence-corrected chi connectivity index (χ3v) is 4.62. The molecule has 1 unspecified atom stereocenters. The molecule has 0 fully saturated rings. The van der Waals surface area contributed by atoms with E-state index in [4.69, 9.17) is 15.2 Å². The number of nitrogen functional groups attached to an aromatic ring is 1. The number of hydrogen-bond acceptors (Lipinski definition) is 5. The Morgan fingerprint density at radius 3 is 2.52 bits per heavy atom. The highest BCUT2D eigenvalue weighted by Crippen LogP contribution is 2.25. The van der Waals surface area contributed by atoms with Crippen molar-refractivity contribution in [2.24, 2.45) is 5.92 Å². The Morgan fingerprint density at radius 2 is 2.00 bits per heavy atom. The molecule has 0 heterocycles. The van der Waals surface area contributed by atoms with Crippen molar-refractivity contribution in [3.63, 3.8) is 0 Å². The maximum Gasteiger partial charge on any atom is 0.241 e. The predicted octanol–water partition coefficient (Wildman–Crippen LogP) is 1.62. The van der Waals surface area contributed by atoms with Gasteiger partial charge in [0.15, 0.2) is 0 Å². The molecule has 3 N–H and O–H groups in total. The molecule has 21 heavy (non-hydrogen) atoms. The van der Waals surface area contributed by atoms with Crippen molar-refractivity contribution in [1.82, 2.24) is 4.72 Å². The van der Waals surface area contributed by atoms with Crippen molar-refractivity contribution < 1.29 is 17.9 Å². The van der Waals surface area contributed by atoms with Crippen LogP contribution in [0.25, 0.3) is 0 Å². The van der Waals surface area contributed by atoms with Gasteiger partial charge in [-0.3, -0.25) is 0 Å². The fraction of sp³-hybridized carbons (Fsp3) is 0.571. The molecule has 0 spiro atoms. The minimum atomic E-state index is -3.65. The molecule has 0 saturated carbocycles. The molecule has 0 aromatic heterocycles. The molecule has 7 heteroatoms. The first-order chi connectivity index (χ1) is 9.81. The average molecular weight is 316 g/mol. The molecular formula is C14H24N2O4S. The van der Waals surface area contributed by atoms with Crippen LogP contribution in [0.1, 0.15) is 20.8 Å². The first-order valence-electron chi connectivity index (χ1n) is 6.85. The predicted molar refractivity (Wildman–Crippen MR) is 82.8 cm³/mol. The van der Waals surface area contributed by atoms with Gasteiger partial charge in [-0.1, -0.05) is 13.8 Å². The maximum absolute atomic E-state index is 12.4. The van der Waals surface area contributed by atoms with Crippen LogP contribution in [0.5, 0.6) is 5.75 Å². The van der Waals surface area contributed by atoms with Gasteiger partial charge in [0.05, 0.1) is 24.3 Å². The number of benzene rings is 1. The summed E-state index contributed by atoms with van der Waals surface area (Å²) in [6, 6.07) is 4.09. The highest BCUT2D eigenvalue weighted by molar-refractivity contribution is 7.89. The molecule has 1 aromatic rings. The van der Waals surface area contributed by atoms with Gasteiger partial charge in [-0.15, -0.1) is 0 Å². The first kappa shape index (κ1) is 17.7. The van der Waals surface area contributed by atoms with Crippen LogP contribution in [0.4, 0.5) is 5.69 Å². The van der Waals surface area contributed by atoms with E-state index in [1.54, 1.807) is 0 Å². The lowest BCUT2D eigenvalue weighted by atomic mass is 10.1. The second-order valence-corrected chi connectivity index (χ2v) is 6.75. The Bertz CT molecular complexity index is 558. The Morgan fingerprint density at radius 1 is 1.33 bits per heavy atom. The van der Waals surface area contributed by atoms with Crippen LogP contribution in [-0.2, 0) is 14.8 Å². The zero-order valence-corrected chi connectivity index (χ0v) is 13.7. The lowest BCUT2D eigenvalue weighted by Gasteiger charge is -2.22. The first-order valence-corrected chi connectivity index (χ1v) is 8.33. The number of rotatable bonds is 8. The van der Waals surface area contributed by atoms with Crippen LogP contribution in [0.15, 0.2) is 23.1 Å². The van der Waals surface area contributed by atoms with Gasteiger partial charge in [-0.2, -0.15) is 0 Å². The highest BCUT2D eigenvalue weighted by atomic mass is 32.2. The summed E-state index contributed by atoms with van der Waals surface area (Å²) in [6.07, 6.45) is 0. The van der Waals surface area contributed by atoms with Crippen LogP contribution < -0.4 is 15.2 Å². The van der Waals surface area contributed by atoms with Crippen LogP contribution in [0.3, 0.4) is 0 Å². The van der Waals surface area contributed by atoms with E-state index in [0.29, 0.717) is 24.7 Å². The van der Waals surface area contributed by atoms with E-state index in [0.717, 1.165) is 0 Å². The minimum absolute atomic E-state index is 0.113. The van der Waals surface area contributed by atoms with Crippen molar-refractivity contribution in [2.75, 3.05) is 26.1 Å². The standard InChI is InChI=1S/C14H24N2O4S/c1-5-20-9-13(10(2)3)16-21(17,18)11-6-7-12(15)14(8-11)19-4/h6-8,10,13,16H,5,9,15H2,1-4H3. The molecular weight excluding hydrogens is 292 g/mol. The molecule has 0 bridgehead atoms. The summed E-state index contributed by atoms with van der Waals surface area (Å²) in [5, 5.41) is 0. The monoisotopic (exact) mass is 316 g/mol. The van der Waals surface area contributed by atoms with Crippen molar-refractivity contribution in [3.05, 3.63) is 18.2 Å². The Kier molecular flexibility index (Phi) is 6.44. The fourth-order valence-electron chi connectivity index (χ4n) is 1.73. The summed E-state index contributed by atoms with van der Waals surface area (Å²) in [4.78, 5) is 0.121. The highest BCUT2D eigenvalue weighted by Gasteiger charge is 2.23. The number of methoxy groups -OCH3 is 1. The SMILES string of the molecule is CCOCC(NS(=O)(=O)c1ccc(N)c(OC)c1)C(C)C. The smallest absolute Gasteiger partial charge is 0.241 e. The number of nitrogens with one attached hydrogen (secondary N) is 1. The minimum Gasteiger partial charge on any atom is -0.495 e. The topological polar surface area (TPSA) is 90.7 Å². The normalized spacial score (nSPS) is 13.4. The zero-order valence-electron chi connectivity index (χ0n) is 12.9. The Hall–Kier alpha value is -1.31. The molecule has 1 atom stereocenters. The zero-order chi connectivity index (χ0) is 16.0. The number of ether oxygens (including phenoxy) is 2. The van der Waals surface area contributed by atoms with Crippen LogP contribution in [0, 0.1) is 5.92 Å². The van der Waals surface area contributed by atoms with Crippen LogP contribution >= 0.6 is 0 Å². The Labute approximate surface area is 126 Å². The molecule has 0 aliphatic heterocycles. The van der Waals surface area contributed by atoms with Crippen LogP contribution in [0.2, 0.25) is 0 Å². The average Bonchev–Trinajstić information content (AvgIpc) is 2.43. The third kappa shape index (κ3) is 4.87. The second kappa shape index (κ2) is 7.63. The number of anilines is 1. The molecule has 0 aliphatic rings. The van der Waals surface area contributed by atoms with Gasteiger partial charge in [0.25, 0.3) is 0 Å². The van der Waals surface area contributed by atoms with Crippen molar-refractivity contribution >= 4 is 15.7 Å². The van der Waals surface area contributed by atoms with Gasteiger partial charge in [-0.25, -0.2) is 13.1 Å². The molecule has 0 aliphatic carbocycles. The van der Waals surface area contributed by atoms with Crippen LogP contribution in [-0.4, -0.2) is 34.8 Å². The van der Waals surface area contributed by atoms with Gasteiger partial charge in [0, 0.05) is 18.7 Å². The summed E-state index contributed by atoms with van der Waals surface area (Å²) in [5.41, 5.74) is 6.09. The molecule has 0 radical (unpaired) electrons. The summed E-state index contributed by atoms with van der Waals surface area (Å²) in [5.74, 6) is 0.450. The summed E-state index contributed by atoms with van der Waals surface area (Å²) >= 11 is 0. The summed E-state index contributed by atoms with van der Waals surface area (Å²) in [7, 11) is -2.20. The fourth-order valence-corrected chi connectivity index (χ4v) is 3.12. The molecule has 120 valence electrons. The van der Waals surface area contributed by atoms with E-state index in [2.05, 4.69) is 4.72 Å². The molecule has 1 aromatic carbocycles. The van der Waals surface area contributed by atoms with Crippen molar-refractivity contribution in [2.45, 2.75) is 31.7 Å². The van der Waals surface area contributed by atoms with E-state index < -0.39 is 10.0 Å². The second-order valence-electron chi connectivity index (χ2n) is 5.04. The Balaban J connectivity index is 2.98.